The number of benzene rings is 2. The molecule has 2 heteroatoms. The van der Waals surface area contributed by atoms with Crippen LogP contribution in [0.1, 0.15) is 22.3 Å². The molecule has 0 saturated carbocycles. The maximum Gasteiger partial charge on any atom is 0.125 e. The Hall–Kier alpha value is -2.22. The molecule has 0 spiro atoms. The second-order valence-electron chi connectivity index (χ2n) is 5.50. The van der Waals surface area contributed by atoms with Crippen molar-refractivity contribution >= 4 is 0 Å². The van der Waals surface area contributed by atoms with E-state index in [4.69, 9.17) is 4.74 Å². The van der Waals surface area contributed by atoms with Gasteiger partial charge in [-0.25, -0.2) is 0 Å². The average molecular weight is 282 g/mol. The third-order valence-electron chi connectivity index (χ3n) is 3.63. The molecule has 0 atom stereocenters. The molecule has 110 valence electrons. The predicted molar refractivity (Wildman–Crippen MR) is 88.2 cm³/mol. The van der Waals surface area contributed by atoms with Crippen molar-refractivity contribution in [1.82, 2.24) is 0 Å². The van der Waals surface area contributed by atoms with Crippen LogP contribution in [-0.2, 0) is 0 Å². The lowest BCUT2D eigenvalue weighted by Crippen LogP contribution is -1.98. The summed E-state index contributed by atoms with van der Waals surface area (Å²) in [5.41, 5.74) is 6.26. The van der Waals surface area contributed by atoms with Gasteiger partial charge >= 0.3 is 0 Å². The summed E-state index contributed by atoms with van der Waals surface area (Å²) in [4.78, 5) is 0. The van der Waals surface area contributed by atoms with Crippen LogP contribution in [0.25, 0.3) is 11.1 Å². The average Bonchev–Trinajstić information content (AvgIpc) is 2.43. The third kappa shape index (κ3) is 3.10. The fourth-order valence-electron chi connectivity index (χ4n) is 2.61. The number of ether oxygens (including phenoxy) is 1. The Kier molecular flexibility index (Phi) is 4.37. The molecule has 2 aromatic carbocycles. The summed E-state index contributed by atoms with van der Waals surface area (Å²) in [6.07, 6.45) is 1.75. The molecule has 2 rings (SSSR count). The SMILES string of the molecule is C=CCOc1c(C)cc(-c2cc(C)c(O)c(C)c2)cc1C. The first kappa shape index (κ1) is 15.2. The number of phenolic OH excluding ortho intramolecular Hbond substituents is 1. The summed E-state index contributed by atoms with van der Waals surface area (Å²) in [6, 6.07) is 8.27. The molecule has 0 aromatic heterocycles. The van der Waals surface area contributed by atoms with Crippen LogP contribution in [-0.4, -0.2) is 11.7 Å². The Morgan fingerprint density at radius 1 is 0.905 bits per heavy atom. The smallest absolute Gasteiger partial charge is 0.125 e. The first-order valence-electron chi connectivity index (χ1n) is 7.09. The second-order valence-corrected chi connectivity index (χ2v) is 5.50. The van der Waals surface area contributed by atoms with E-state index < -0.39 is 0 Å². The van der Waals surface area contributed by atoms with Crippen molar-refractivity contribution in [3.05, 3.63) is 59.2 Å². The molecular weight excluding hydrogens is 260 g/mol. The summed E-state index contributed by atoms with van der Waals surface area (Å²) in [7, 11) is 0. The van der Waals surface area contributed by atoms with E-state index in [9.17, 15) is 5.11 Å². The van der Waals surface area contributed by atoms with Crippen molar-refractivity contribution in [2.45, 2.75) is 27.7 Å². The number of aryl methyl sites for hydroxylation is 4. The van der Waals surface area contributed by atoms with E-state index in [0.717, 1.165) is 39.1 Å². The maximum atomic E-state index is 9.90. The topological polar surface area (TPSA) is 29.5 Å². The van der Waals surface area contributed by atoms with E-state index in [2.05, 4.69) is 32.6 Å². The molecule has 2 aromatic rings. The molecule has 0 radical (unpaired) electrons. The van der Waals surface area contributed by atoms with E-state index in [1.807, 2.05) is 26.0 Å². The summed E-state index contributed by atoms with van der Waals surface area (Å²) in [5, 5.41) is 9.90. The highest BCUT2D eigenvalue weighted by atomic mass is 16.5. The van der Waals surface area contributed by atoms with Crippen LogP contribution in [0.15, 0.2) is 36.9 Å². The maximum absolute atomic E-state index is 9.90. The van der Waals surface area contributed by atoms with E-state index in [1.165, 1.54) is 0 Å². The molecule has 0 unspecified atom stereocenters. The Morgan fingerprint density at radius 3 is 1.76 bits per heavy atom. The highest BCUT2D eigenvalue weighted by molar-refractivity contribution is 5.70. The minimum Gasteiger partial charge on any atom is -0.507 e. The molecule has 0 heterocycles. The van der Waals surface area contributed by atoms with Crippen LogP contribution in [0.4, 0.5) is 0 Å². The lowest BCUT2D eigenvalue weighted by molar-refractivity contribution is 0.358. The predicted octanol–water partition coefficient (Wildman–Crippen LogP) is 4.86. The van der Waals surface area contributed by atoms with Gasteiger partial charge < -0.3 is 9.84 Å². The molecule has 0 aliphatic carbocycles. The number of hydrogen-bond acceptors (Lipinski definition) is 2. The van der Waals surface area contributed by atoms with Crippen molar-refractivity contribution in [1.29, 1.82) is 0 Å². The molecule has 0 saturated heterocycles. The molecule has 0 fully saturated rings. The molecule has 0 bridgehead atoms. The Balaban J connectivity index is 2.49. The highest BCUT2D eigenvalue weighted by Crippen LogP contribution is 2.33. The lowest BCUT2D eigenvalue weighted by atomic mass is 9.96. The van der Waals surface area contributed by atoms with Gasteiger partial charge in [0.05, 0.1) is 0 Å². The molecule has 0 amide bonds. The van der Waals surface area contributed by atoms with Gasteiger partial charge in [-0.2, -0.15) is 0 Å². The van der Waals surface area contributed by atoms with Gasteiger partial charge in [-0.3, -0.25) is 0 Å². The monoisotopic (exact) mass is 282 g/mol. The second kappa shape index (κ2) is 6.04. The molecule has 0 aliphatic heterocycles. The Labute approximate surface area is 126 Å². The Bertz CT molecular complexity index is 638. The van der Waals surface area contributed by atoms with E-state index in [0.29, 0.717) is 12.4 Å². The minimum atomic E-state index is 0.373. The molecule has 1 N–H and O–H groups in total. The van der Waals surface area contributed by atoms with Crippen LogP contribution in [0.3, 0.4) is 0 Å². The van der Waals surface area contributed by atoms with E-state index >= 15 is 0 Å². The van der Waals surface area contributed by atoms with Gasteiger partial charge in [0.15, 0.2) is 0 Å². The van der Waals surface area contributed by atoms with Crippen molar-refractivity contribution in [2.24, 2.45) is 0 Å². The number of aromatic hydroxyl groups is 1. The first-order valence-corrected chi connectivity index (χ1v) is 7.09. The summed E-state index contributed by atoms with van der Waals surface area (Å²) < 4.78 is 5.72. The fraction of sp³-hybridized carbons (Fsp3) is 0.263. The van der Waals surface area contributed by atoms with Crippen LogP contribution in [0, 0.1) is 27.7 Å². The number of phenols is 1. The van der Waals surface area contributed by atoms with E-state index in [1.54, 1.807) is 6.08 Å². The number of rotatable bonds is 4. The molecule has 0 aliphatic rings. The van der Waals surface area contributed by atoms with Crippen molar-refractivity contribution < 1.29 is 9.84 Å². The van der Waals surface area contributed by atoms with Crippen LogP contribution < -0.4 is 4.74 Å². The van der Waals surface area contributed by atoms with E-state index in [-0.39, 0.29) is 0 Å². The van der Waals surface area contributed by atoms with Gasteiger partial charge in [0.1, 0.15) is 18.1 Å². The fourth-order valence-corrected chi connectivity index (χ4v) is 2.61. The van der Waals surface area contributed by atoms with Crippen LogP contribution in [0.5, 0.6) is 11.5 Å². The summed E-state index contributed by atoms with van der Waals surface area (Å²) in [5.74, 6) is 1.30. The third-order valence-corrected chi connectivity index (χ3v) is 3.63. The molecular formula is C19H22O2. The zero-order valence-corrected chi connectivity index (χ0v) is 13.2. The van der Waals surface area contributed by atoms with Gasteiger partial charge in [-0.05, 0) is 85.3 Å². The van der Waals surface area contributed by atoms with Gasteiger partial charge in [0.25, 0.3) is 0 Å². The standard InChI is InChI=1S/C19H22O2/c1-6-7-21-19-14(4)10-17(11-15(19)5)16-8-12(2)18(20)13(3)9-16/h6,8-11,20H,1,7H2,2-5H3. The summed E-state index contributed by atoms with van der Waals surface area (Å²) >= 11 is 0. The van der Waals surface area contributed by atoms with Crippen molar-refractivity contribution in [3.8, 4) is 22.6 Å². The van der Waals surface area contributed by atoms with Crippen molar-refractivity contribution in [3.63, 3.8) is 0 Å². The zero-order valence-electron chi connectivity index (χ0n) is 13.2. The lowest BCUT2D eigenvalue weighted by Gasteiger charge is -2.14. The van der Waals surface area contributed by atoms with Crippen molar-refractivity contribution in [2.75, 3.05) is 6.61 Å². The van der Waals surface area contributed by atoms with Crippen LogP contribution in [0.2, 0.25) is 0 Å². The minimum absolute atomic E-state index is 0.373. The first-order chi connectivity index (χ1) is 9.93. The Morgan fingerprint density at radius 2 is 1.33 bits per heavy atom. The molecule has 2 nitrogen and oxygen atoms in total. The van der Waals surface area contributed by atoms with Gasteiger partial charge in [0, 0.05) is 0 Å². The summed E-state index contributed by atoms with van der Waals surface area (Å²) in [6.45, 7) is 12.1. The van der Waals surface area contributed by atoms with Crippen LogP contribution >= 0.6 is 0 Å². The van der Waals surface area contributed by atoms with Gasteiger partial charge in [0.2, 0.25) is 0 Å². The van der Waals surface area contributed by atoms with Gasteiger partial charge in [-0.1, -0.05) is 12.7 Å². The zero-order chi connectivity index (χ0) is 15.6. The number of hydrogen-bond donors (Lipinski definition) is 1. The molecule has 21 heavy (non-hydrogen) atoms. The highest BCUT2D eigenvalue weighted by Gasteiger charge is 2.10. The normalized spacial score (nSPS) is 10.5. The largest absolute Gasteiger partial charge is 0.507 e. The van der Waals surface area contributed by atoms with Gasteiger partial charge in [-0.15, -0.1) is 0 Å². The quantitative estimate of drug-likeness (QED) is 0.812.